The second-order valence-corrected chi connectivity index (χ2v) is 4.03. The van der Waals surface area contributed by atoms with E-state index in [1.165, 1.54) is 20.3 Å². The van der Waals surface area contributed by atoms with Crippen LogP contribution in [-0.2, 0) is 19.1 Å². The Kier molecular flexibility index (Phi) is 6.59. The van der Waals surface area contributed by atoms with E-state index in [1.807, 2.05) is 0 Å². The lowest BCUT2D eigenvalue weighted by Gasteiger charge is -2.05. The van der Waals surface area contributed by atoms with Gasteiger partial charge in [-0.15, -0.1) is 11.6 Å². The van der Waals surface area contributed by atoms with Crippen molar-refractivity contribution in [2.45, 2.75) is 0 Å². The van der Waals surface area contributed by atoms with Gasteiger partial charge in [0.25, 0.3) is 0 Å². The molecule has 0 unspecified atom stereocenters. The van der Waals surface area contributed by atoms with Gasteiger partial charge in [-0.3, -0.25) is 0 Å². The SMILES string of the molecule is COC(=O)C(=Cc1ccc(OCCCl)cc1)C(=O)OC. The van der Waals surface area contributed by atoms with Gasteiger partial charge in [-0.2, -0.15) is 0 Å². The predicted molar refractivity (Wildman–Crippen MR) is 74.7 cm³/mol. The smallest absolute Gasteiger partial charge is 0.345 e. The zero-order valence-electron chi connectivity index (χ0n) is 11.2. The Hall–Kier alpha value is -2.01. The van der Waals surface area contributed by atoms with E-state index in [4.69, 9.17) is 16.3 Å². The van der Waals surface area contributed by atoms with Crippen LogP contribution in [0, 0.1) is 0 Å². The van der Waals surface area contributed by atoms with Crippen LogP contribution in [0.5, 0.6) is 5.75 Å². The molecule has 0 aromatic heterocycles. The summed E-state index contributed by atoms with van der Waals surface area (Å²) in [6.07, 6.45) is 1.39. The molecule has 0 radical (unpaired) electrons. The molecule has 0 spiro atoms. The molecule has 0 aliphatic heterocycles. The highest BCUT2D eigenvalue weighted by Gasteiger charge is 2.19. The van der Waals surface area contributed by atoms with Gasteiger partial charge in [0, 0.05) is 0 Å². The lowest BCUT2D eigenvalue weighted by molar-refractivity contribution is -0.143. The van der Waals surface area contributed by atoms with Crippen LogP contribution in [0.15, 0.2) is 29.8 Å². The predicted octanol–water partition coefficient (Wildman–Crippen LogP) is 2.03. The number of methoxy groups -OCH3 is 2. The summed E-state index contributed by atoms with van der Waals surface area (Å²) >= 11 is 5.52. The summed E-state index contributed by atoms with van der Waals surface area (Å²) in [5, 5.41) is 0. The summed E-state index contributed by atoms with van der Waals surface area (Å²) in [7, 11) is 2.39. The molecule has 0 fully saturated rings. The van der Waals surface area contributed by atoms with Crippen molar-refractivity contribution in [1.82, 2.24) is 0 Å². The fourth-order valence-electron chi connectivity index (χ4n) is 1.40. The van der Waals surface area contributed by atoms with Gasteiger partial charge in [-0.05, 0) is 23.8 Å². The van der Waals surface area contributed by atoms with Gasteiger partial charge in [0.05, 0.1) is 20.1 Å². The molecule has 0 N–H and O–H groups in total. The zero-order valence-corrected chi connectivity index (χ0v) is 12.0. The van der Waals surface area contributed by atoms with Crippen molar-refractivity contribution in [3.8, 4) is 5.75 Å². The van der Waals surface area contributed by atoms with E-state index in [0.29, 0.717) is 23.8 Å². The second kappa shape index (κ2) is 8.22. The van der Waals surface area contributed by atoms with Gasteiger partial charge < -0.3 is 14.2 Å². The molecule has 0 saturated carbocycles. The highest BCUT2D eigenvalue weighted by Crippen LogP contribution is 2.15. The Morgan fingerprint density at radius 2 is 1.65 bits per heavy atom. The molecule has 0 bridgehead atoms. The molecule has 0 atom stereocenters. The van der Waals surface area contributed by atoms with Crippen molar-refractivity contribution in [2.75, 3.05) is 26.7 Å². The molecule has 20 heavy (non-hydrogen) atoms. The maximum absolute atomic E-state index is 11.5. The molecule has 0 aliphatic rings. The summed E-state index contributed by atoms with van der Waals surface area (Å²) in [4.78, 5) is 23.0. The van der Waals surface area contributed by atoms with Crippen molar-refractivity contribution >= 4 is 29.6 Å². The van der Waals surface area contributed by atoms with E-state index in [9.17, 15) is 9.59 Å². The van der Waals surface area contributed by atoms with Crippen LogP contribution in [0.4, 0.5) is 0 Å². The first-order valence-electron chi connectivity index (χ1n) is 5.79. The summed E-state index contributed by atoms with van der Waals surface area (Å²) in [6, 6.07) is 6.83. The molecule has 5 nitrogen and oxygen atoms in total. The number of hydrogen-bond donors (Lipinski definition) is 0. The fraction of sp³-hybridized carbons (Fsp3) is 0.286. The van der Waals surface area contributed by atoms with Crippen LogP contribution in [0.2, 0.25) is 0 Å². The normalized spacial score (nSPS) is 9.55. The molecule has 108 valence electrons. The molecular formula is C14H15ClO5. The maximum atomic E-state index is 11.5. The van der Waals surface area contributed by atoms with E-state index >= 15 is 0 Å². The van der Waals surface area contributed by atoms with Crippen molar-refractivity contribution in [3.63, 3.8) is 0 Å². The number of rotatable bonds is 6. The third-order valence-corrected chi connectivity index (χ3v) is 2.50. The standard InChI is InChI=1S/C14H15ClO5/c1-18-13(16)12(14(17)19-2)9-10-3-5-11(6-4-10)20-8-7-15/h3-6,9H,7-8H2,1-2H3. The Balaban J connectivity index is 2.93. The van der Waals surface area contributed by atoms with Gasteiger partial charge in [0.2, 0.25) is 0 Å². The average Bonchev–Trinajstić information content (AvgIpc) is 2.50. The average molecular weight is 299 g/mol. The monoisotopic (exact) mass is 298 g/mol. The van der Waals surface area contributed by atoms with E-state index in [2.05, 4.69) is 9.47 Å². The maximum Gasteiger partial charge on any atom is 0.345 e. The molecule has 0 aliphatic carbocycles. The number of halogens is 1. The molecule has 1 aromatic rings. The minimum absolute atomic E-state index is 0.176. The largest absolute Gasteiger partial charge is 0.492 e. The molecule has 1 aromatic carbocycles. The molecule has 0 saturated heterocycles. The number of hydrogen-bond acceptors (Lipinski definition) is 5. The lowest BCUT2D eigenvalue weighted by Crippen LogP contribution is -2.15. The topological polar surface area (TPSA) is 61.8 Å². The summed E-state index contributed by atoms with van der Waals surface area (Å²) in [6.45, 7) is 0.409. The third-order valence-electron chi connectivity index (χ3n) is 2.35. The van der Waals surface area contributed by atoms with E-state index < -0.39 is 11.9 Å². The number of ether oxygens (including phenoxy) is 3. The van der Waals surface area contributed by atoms with Gasteiger partial charge in [0.15, 0.2) is 0 Å². The van der Waals surface area contributed by atoms with Gasteiger partial charge >= 0.3 is 11.9 Å². The zero-order chi connectivity index (χ0) is 15.0. The highest BCUT2D eigenvalue weighted by molar-refractivity contribution is 6.18. The Bertz CT molecular complexity index is 475. The number of esters is 2. The number of alkyl halides is 1. The first kappa shape index (κ1) is 16.0. The van der Waals surface area contributed by atoms with Crippen LogP contribution in [-0.4, -0.2) is 38.6 Å². The first-order chi connectivity index (χ1) is 9.62. The van der Waals surface area contributed by atoms with Gasteiger partial charge in [0.1, 0.15) is 17.9 Å². The van der Waals surface area contributed by atoms with Crippen molar-refractivity contribution < 1.29 is 23.8 Å². The van der Waals surface area contributed by atoms with E-state index in [0.717, 1.165) is 0 Å². The molecule has 6 heteroatoms. The Labute approximate surface area is 122 Å². The Morgan fingerprint density at radius 3 is 2.10 bits per heavy atom. The quantitative estimate of drug-likeness (QED) is 0.264. The molecular weight excluding hydrogens is 284 g/mol. The summed E-state index contributed by atoms with van der Waals surface area (Å²) in [5.74, 6) is -0.449. The summed E-state index contributed by atoms with van der Waals surface area (Å²) in [5.41, 5.74) is 0.471. The van der Waals surface area contributed by atoms with E-state index in [1.54, 1.807) is 24.3 Å². The van der Waals surface area contributed by atoms with Crippen molar-refractivity contribution in [3.05, 3.63) is 35.4 Å². The molecule has 0 amide bonds. The van der Waals surface area contributed by atoms with Crippen LogP contribution in [0.25, 0.3) is 6.08 Å². The third kappa shape index (κ3) is 4.59. The van der Waals surface area contributed by atoms with Gasteiger partial charge in [-0.25, -0.2) is 9.59 Å². The Morgan fingerprint density at radius 1 is 1.10 bits per heavy atom. The second-order valence-electron chi connectivity index (χ2n) is 3.65. The number of benzene rings is 1. The highest BCUT2D eigenvalue weighted by atomic mass is 35.5. The number of carbonyl (C=O) groups excluding carboxylic acids is 2. The minimum Gasteiger partial charge on any atom is -0.492 e. The molecule has 1 rings (SSSR count). The first-order valence-corrected chi connectivity index (χ1v) is 6.33. The van der Waals surface area contributed by atoms with Gasteiger partial charge in [-0.1, -0.05) is 12.1 Å². The van der Waals surface area contributed by atoms with Crippen molar-refractivity contribution in [1.29, 1.82) is 0 Å². The summed E-state index contributed by atoms with van der Waals surface area (Å²) < 4.78 is 14.4. The van der Waals surface area contributed by atoms with Crippen LogP contribution < -0.4 is 4.74 Å². The minimum atomic E-state index is -0.751. The fourth-order valence-corrected chi connectivity index (χ4v) is 1.48. The van der Waals surface area contributed by atoms with Crippen LogP contribution in [0.3, 0.4) is 0 Å². The molecule has 0 heterocycles. The van der Waals surface area contributed by atoms with Crippen LogP contribution >= 0.6 is 11.6 Å². The van der Waals surface area contributed by atoms with E-state index in [-0.39, 0.29) is 5.57 Å². The van der Waals surface area contributed by atoms with Crippen LogP contribution in [0.1, 0.15) is 5.56 Å². The lowest BCUT2D eigenvalue weighted by atomic mass is 10.1. The van der Waals surface area contributed by atoms with Crippen molar-refractivity contribution in [2.24, 2.45) is 0 Å². The number of carbonyl (C=O) groups is 2.